The van der Waals surface area contributed by atoms with Crippen LogP contribution in [0, 0.1) is 6.92 Å². The minimum Gasteiger partial charge on any atom is -0.321 e. The van der Waals surface area contributed by atoms with Crippen molar-refractivity contribution in [1.29, 1.82) is 0 Å². The van der Waals surface area contributed by atoms with Gasteiger partial charge >= 0.3 is 6.18 Å². The summed E-state index contributed by atoms with van der Waals surface area (Å²) in [7, 11) is -3.65. The number of rotatable bonds is 5. The highest BCUT2D eigenvalue weighted by Crippen LogP contribution is 2.33. The normalized spacial score (nSPS) is 12.0. The van der Waals surface area contributed by atoms with Crippen LogP contribution in [0.3, 0.4) is 0 Å². The lowest BCUT2D eigenvalue weighted by Crippen LogP contribution is -2.14. The number of aromatic nitrogens is 1. The fourth-order valence-electron chi connectivity index (χ4n) is 2.64. The Balaban J connectivity index is 1.75. The van der Waals surface area contributed by atoms with Gasteiger partial charge in [0.1, 0.15) is 9.88 Å². The molecule has 0 saturated carbocycles. The summed E-state index contributed by atoms with van der Waals surface area (Å²) >= 11 is 1.06. The number of carbonyl (C=O) groups is 1. The van der Waals surface area contributed by atoms with E-state index in [1.165, 1.54) is 24.3 Å². The fraction of sp³-hybridized carbons (Fsp3) is 0.158. The van der Waals surface area contributed by atoms with E-state index < -0.39 is 27.7 Å². The van der Waals surface area contributed by atoms with Gasteiger partial charge in [0.15, 0.2) is 0 Å². The summed E-state index contributed by atoms with van der Waals surface area (Å²) in [6, 6.07) is 10.7. The van der Waals surface area contributed by atoms with Crippen molar-refractivity contribution in [2.75, 3.05) is 5.32 Å². The maximum atomic E-state index is 12.7. The molecule has 0 aliphatic rings. The number of alkyl halides is 3. The summed E-state index contributed by atoms with van der Waals surface area (Å²) < 4.78 is 60.4. The van der Waals surface area contributed by atoms with Crippen LogP contribution >= 0.6 is 11.3 Å². The maximum Gasteiger partial charge on any atom is 0.416 e. The largest absolute Gasteiger partial charge is 0.416 e. The number of amides is 1. The molecule has 0 saturated heterocycles. The predicted molar refractivity (Wildman–Crippen MR) is 108 cm³/mol. The molecule has 3 rings (SSSR count). The molecule has 1 aromatic heterocycles. The molecule has 2 aromatic carbocycles. The standard InChI is InChI=1S/C19H16F3N3O3S2/c1-11-16(17(26)25-15-8-2-12(3-9-15)10-30(23,27)28)29-18(24-11)13-4-6-14(7-5-13)19(20,21)22/h2-9H,10H2,1H3,(H,25,26)(H2,23,27,28). The number of benzene rings is 2. The van der Waals surface area contributed by atoms with Gasteiger partial charge in [0.2, 0.25) is 10.0 Å². The van der Waals surface area contributed by atoms with E-state index >= 15 is 0 Å². The molecule has 0 atom stereocenters. The second-order valence-corrected chi connectivity index (χ2v) is 9.08. The highest BCUT2D eigenvalue weighted by molar-refractivity contribution is 7.88. The first-order chi connectivity index (χ1) is 13.9. The van der Waals surface area contributed by atoms with Gasteiger partial charge in [0, 0.05) is 11.3 Å². The molecule has 0 unspecified atom stereocenters. The van der Waals surface area contributed by atoms with Crippen LogP contribution in [-0.4, -0.2) is 19.3 Å². The van der Waals surface area contributed by atoms with Gasteiger partial charge < -0.3 is 5.32 Å². The number of thiazole rings is 1. The monoisotopic (exact) mass is 455 g/mol. The molecule has 0 aliphatic carbocycles. The number of nitrogens with two attached hydrogens (primary N) is 1. The molecule has 0 radical (unpaired) electrons. The van der Waals surface area contributed by atoms with Crippen molar-refractivity contribution in [2.24, 2.45) is 5.14 Å². The third-order valence-corrected chi connectivity index (χ3v) is 5.98. The molecule has 0 bridgehead atoms. The maximum absolute atomic E-state index is 12.7. The van der Waals surface area contributed by atoms with E-state index in [0.29, 0.717) is 32.4 Å². The number of hydrogen-bond acceptors (Lipinski definition) is 5. The van der Waals surface area contributed by atoms with Gasteiger partial charge in [-0.2, -0.15) is 13.2 Å². The molecule has 1 amide bonds. The van der Waals surface area contributed by atoms with E-state index in [9.17, 15) is 26.4 Å². The van der Waals surface area contributed by atoms with E-state index in [1.807, 2.05) is 0 Å². The first kappa shape index (κ1) is 21.9. The van der Waals surface area contributed by atoms with Crippen molar-refractivity contribution in [3.63, 3.8) is 0 Å². The van der Waals surface area contributed by atoms with Gasteiger partial charge in [0.05, 0.1) is 17.0 Å². The van der Waals surface area contributed by atoms with Crippen LogP contribution in [0.15, 0.2) is 48.5 Å². The minimum absolute atomic E-state index is 0.314. The Morgan fingerprint density at radius 3 is 2.23 bits per heavy atom. The van der Waals surface area contributed by atoms with Gasteiger partial charge in [-0.3, -0.25) is 4.79 Å². The van der Waals surface area contributed by atoms with Crippen LogP contribution in [0.5, 0.6) is 0 Å². The zero-order valence-electron chi connectivity index (χ0n) is 15.5. The van der Waals surface area contributed by atoms with Crippen molar-refractivity contribution in [3.8, 4) is 10.6 Å². The number of halogens is 3. The lowest BCUT2D eigenvalue weighted by Gasteiger charge is -2.06. The second kappa shape index (κ2) is 8.17. The average Bonchev–Trinajstić information content (AvgIpc) is 3.03. The minimum atomic E-state index is -4.42. The molecule has 6 nitrogen and oxygen atoms in total. The molecule has 3 N–H and O–H groups in total. The van der Waals surface area contributed by atoms with Crippen molar-refractivity contribution in [3.05, 3.63) is 70.2 Å². The van der Waals surface area contributed by atoms with Crippen molar-refractivity contribution < 1.29 is 26.4 Å². The number of primary sulfonamides is 1. The summed E-state index contributed by atoms with van der Waals surface area (Å²) in [5.41, 5.74) is 1.08. The Labute approximate surface area is 174 Å². The number of nitrogens with one attached hydrogen (secondary N) is 1. The molecule has 30 heavy (non-hydrogen) atoms. The van der Waals surface area contributed by atoms with Crippen molar-refractivity contribution in [2.45, 2.75) is 18.9 Å². The van der Waals surface area contributed by atoms with Crippen molar-refractivity contribution >= 4 is 33.0 Å². The van der Waals surface area contributed by atoms with E-state index in [2.05, 4.69) is 10.3 Å². The topological polar surface area (TPSA) is 102 Å². The van der Waals surface area contributed by atoms with Crippen LogP contribution in [0.1, 0.15) is 26.5 Å². The lowest BCUT2D eigenvalue weighted by atomic mass is 10.1. The number of hydrogen-bond donors (Lipinski definition) is 2. The van der Waals surface area contributed by atoms with Crippen molar-refractivity contribution in [1.82, 2.24) is 4.98 Å². The molecular weight excluding hydrogens is 439 g/mol. The zero-order valence-corrected chi connectivity index (χ0v) is 17.2. The Bertz CT molecular complexity index is 1170. The molecule has 0 spiro atoms. The molecule has 11 heteroatoms. The molecule has 0 fully saturated rings. The van der Waals surface area contributed by atoms with E-state index in [0.717, 1.165) is 23.5 Å². The molecular formula is C19H16F3N3O3S2. The summed E-state index contributed by atoms with van der Waals surface area (Å²) in [6.45, 7) is 1.63. The van der Waals surface area contributed by atoms with E-state index in [4.69, 9.17) is 5.14 Å². The molecule has 0 aliphatic heterocycles. The Morgan fingerprint density at radius 2 is 1.70 bits per heavy atom. The molecule has 1 heterocycles. The van der Waals surface area contributed by atoms with Crippen LogP contribution < -0.4 is 10.5 Å². The average molecular weight is 455 g/mol. The van der Waals surface area contributed by atoms with Crippen LogP contribution in [0.4, 0.5) is 18.9 Å². The second-order valence-electron chi connectivity index (χ2n) is 6.47. The highest BCUT2D eigenvalue weighted by Gasteiger charge is 2.30. The fourth-order valence-corrected chi connectivity index (χ4v) is 4.26. The Hall–Kier alpha value is -2.76. The van der Waals surface area contributed by atoms with E-state index in [-0.39, 0.29) is 5.75 Å². The Kier molecular flexibility index (Phi) is 5.97. The Morgan fingerprint density at radius 1 is 1.10 bits per heavy atom. The SMILES string of the molecule is Cc1nc(-c2ccc(C(F)(F)F)cc2)sc1C(=O)Nc1ccc(CS(N)(=O)=O)cc1. The zero-order chi connectivity index (χ0) is 22.1. The number of aryl methyl sites for hydroxylation is 1. The number of sulfonamides is 1. The summed E-state index contributed by atoms with van der Waals surface area (Å²) in [5.74, 6) is -0.742. The van der Waals surface area contributed by atoms with Crippen LogP contribution in [0.2, 0.25) is 0 Å². The number of nitrogens with zero attached hydrogens (tertiary/aromatic N) is 1. The predicted octanol–water partition coefficient (Wildman–Crippen LogP) is 4.18. The smallest absolute Gasteiger partial charge is 0.321 e. The summed E-state index contributed by atoms with van der Waals surface area (Å²) in [6.07, 6.45) is -4.42. The van der Waals surface area contributed by atoms with Gasteiger partial charge in [0.25, 0.3) is 5.91 Å². The summed E-state index contributed by atoms with van der Waals surface area (Å²) in [4.78, 5) is 17.2. The van der Waals surface area contributed by atoms with E-state index in [1.54, 1.807) is 19.1 Å². The first-order valence-corrected chi connectivity index (χ1v) is 11.0. The molecule has 3 aromatic rings. The third kappa shape index (κ3) is 5.43. The quantitative estimate of drug-likeness (QED) is 0.603. The van der Waals surface area contributed by atoms with Crippen LogP contribution in [-0.2, 0) is 22.0 Å². The van der Waals surface area contributed by atoms with Gasteiger partial charge in [-0.1, -0.05) is 24.3 Å². The molecule has 158 valence electrons. The number of carbonyl (C=O) groups excluding carboxylic acids is 1. The summed E-state index contributed by atoms with van der Waals surface area (Å²) in [5, 5.41) is 8.11. The van der Waals surface area contributed by atoms with Gasteiger partial charge in [-0.25, -0.2) is 18.5 Å². The highest BCUT2D eigenvalue weighted by atomic mass is 32.2. The first-order valence-electron chi connectivity index (χ1n) is 8.48. The van der Waals surface area contributed by atoms with Gasteiger partial charge in [-0.15, -0.1) is 11.3 Å². The lowest BCUT2D eigenvalue weighted by molar-refractivity contribution is -0.137. The number of anilines is 1. The third-order valence-electron chi connectivity index (χ3n) is 4.04. The van der Waals surface area contributed by atoms with Crippen LogP contribution in [0.25, 0.3) is 10.6 Å². The van der Waals surface area contributed by atoms with Gasteiger partial charge in [-0.05, 0) is 36.8 Å².